The number of nitrogens with one attached hydrogen (secondary N) is 1. The summed E-state index contributed by atoms with van der Waals surface area (Å²) in [5, 5.41) is 4.11. The molecule has 0 spiro atoms. The molecule has 6 nitrogen and oxygen atoms in total. The van der Waals surface area contributed by atoms with Gasteiger partial charge in [0.05, 0.1) is 10.6 Å². The molecule has 31 heavy (non-hydrogen) atoms. The number of nitrogens with two attached hydrogens (primary N) is 1. The molecule has 0 atom stereocenters. The molecule has 3 aromatic rings. The molecular weight excluding hydrogens is 432 g/mol. The van der Waals surface area contributed by atoms with Crippen molar-refractivity contribution in [1.82, 2.24) is 4.98 Å². The van der Waals surface area contributed by atoms with E-state index in [2.05, 4.69) is 15.2 Å². The van der Waals surface area contributed by atoms with Crippen molar-refractivity contribution in [1.29, 1.82) is 0 Å². The molecule has 0 saturated carbocycles. The van der Waals surface area contributed by atoms with E-state index in [1.807, 2.05) is 49.4 Å². The first-order valence-corrected chi connectivity index (χ1v) is 11.3. The second kappa shape index (κ2) is 9.08. The summed E-state index contributed by atoms with van der Waals surface area (Å²) in [6.07, 6.45) is 3.04. The van der Waals surface area contributed by atoms with Gasteiger partial charge in [-0.05, 0) is 37.5 Å². The summed E-state index contributed by atoms with van der Waals surface area (Å²) in [6, 6.07) is 13.3. The normalized spacial score (nSPS) is 14.5. The Morgan fingerprint density at radius 2 is 1.87 bits per heavy atom. The number of hydrogen-bond acceptors (Lipinski definition) is 5. The average Bonchev–Trinajstić information content (AvgIpc) is 3.10. The standard InChI is InChI=1S/C23H23ClN4O2S/c1-14-19(15-5-3-2-4-6-15)20(21(25)29)23(31-14)27-22(30)16-9-11-28(12-10-16)18-8-7-17(24)13-26-18/h2-8,13,16H,9-12H2,1H3,(H2,25,29)(H,27,30). The van der Waals surface area contributed by atoms with Crippen molar-refractivity contribution in [3.05, 3.63) is 64.1 Å². The van der Waals surface area contributed by atoms with Crippen molar-refractivity contribution in [3.8, 4) is 11.1 Å². The third-order valence-electron chi connectivity index (χ3n) is 5.53. The fourth-order valence-corrected chi connectivity index (χ4v) is 5.16. The number of benzene rings is 1. The number of halogens is 1. The lowest BCUT2D eigenvalue weighted by atomic mass is 9.95. The van der Waals surface area contributed by atoms with Crippen LogP contribution in [0.15, 0.2) is 48.7 Å². The summed E-state index contributed by atoms with van der Waals surface area (Å²) < 4.78 is 0. The monoisotopic (exact) mass is 454 g/mol. The number of anilines is 2. The Balaban J connectivity index is 1.48. The predicted octanol–water partition coefficient (Wildman–Crippen LogP) is 4.73. The van der Waals surface area contributed by atoms with Gasteiger partial charge in [-0.25, -0.2) is 4.98 Å². The first-order chi connectivity index (χ1) is 14.9. The van der Waals surface area contributed by atoms with Crippen molar-refractivity contribution < 1.29 is 9.59 Å². The molecule has 1 saturated heterocycles. The van der Waals surface area contributed by atoms with Crippen LogP contribution in [0, 0.1) is 12.8 Å². The molecule has 3 heterocycles. The van der Waals surface area contributed by atoms with E-state index in [4.69, 9.17) is 17.3 Å². The van der Waals surface area contributed by atoms with E-state index in [1.165, 1.54) is 11.3 Å². The Morgan fingerprint density at radius 3 is 2.48 bits per heavy atom. The van der Waals surface area contributed by atoms with E-state index in [0.29, 0.717) is 28.4 Å². The molecular formula is C23H23ClN4O2S. The minimum absolute atomic E-state index is 0.0768. The number of carbonyl (C=O) groups is 2. The number of amides is 2. The number of hydrogen-bond donors (Lipinski definition) is 2. The molecule has 2 amide bonds. The second-order valence-corrected chi connectivity index (χ2v) is 9.21. The minimum atomic E-state index is -0.540. The summed E-state index contributed by atoms with van der Waals surface area (Å²) >= 11 is 7.30. The molecule has 1 aromatic carbocycles. The number of pyridine rings is 1. The zero-order valence-corrected chi connectivity index (χ0v) is 18.7. The van der Waals surface area contributed by atoms with E-state index < -0.39 is 5.91 Å². The van der Waals surface area contributed by atoms with Gasteiger partial charge in [-0.3, -0.25) is 9.59 Å². The van der Waals surface area contributed by atoms with E-state index in [1.54, 1.807) is 6.20 Å². The highest BCUT2D eigenvalue weighted by molar-refractivity contribution is 7.17. The Labute approximate surface area is 190 Å². The van der Waals surface area contributed by atoms with Crippen molar-refractivity contribution in [2.75, 3.05) is 23.3 Å². The Morgan fingerprint density at radius 1 is 1.16 bits per heavy atom. The van der Waals surface area contributed by atoms with E-state index in [-0.39, 0.29) is 11.8 Å². The molecule has 8 heteroatoms. The molecule has 0 radical (unpaired) electrons. The van der Waals surface area contributed by atoms with E-state index in [0.717, 1.165) is 34.9 Å². The lowest BCUT2D eigenvalue weighted by Crippen LogP contribution is -2.38. The molecule has 0 aliphatic carbocycles. The quantitative estimate of drug-likeness (QED) is 0.583. The van der Waals surface area contributed by atoms with Crippen LogP contribution in [0.4, 0.5) is 10.8 Å². The van der Waals surface area contributed by atoms with Gasteiger partial charge >= 0.3 is 0 Å². The van der Waals surface area contributed by atoms with E-state index >= 15 is 0 Å². The number of primary amides is 1. The lowest BCUT2D eigenvalue weighted by molar-refractivity contribution is -0.120. The van der Waals surface area contributed by atoms with Crippen LogP contribution in [-0.2, 0) is 4.79 Å². The number of aromatic nitrogens is 1. The smallest absolute Gasteiger partial charge is 0.252 e. The minimum Gasteiger partial charge on any atom is -0.365 e. The van der Waals surface area contributed by atoms with Gasteiger partial charge in [-0.2, -0.15) is 0 Å². The zero-order valence-electron chi connectivity index (χ0n) is 17.1. The summed E-state index contributed by atoms with van der Waals surface area (Å²) in [7, 11) is 0. The van der Waals surface area contributed by atoms with Crippen LogP contribution in [0.3, 0.4) is 0 Å². The molecule has 4 rings (SSSR count). The largest absolute Gasteiger partial charge is 0.365 e. The molecule has 1 aliphatic rings. The highest BCUT2D eigenvalue weighted by Crippen LogP contribution is 2.40. The number of rotatable bonds is 5. The number of thiophene rings is 1. The third kappa shape index (κ3) is 4.57. The fourth-order valence-electron chi connectivity index (χ4n) is 3.96. The first-order valence-electron chi connectivity index (χ1n) is 10.1. The van der Waals surface area contributed by atoms with Gasteiger partial charge in [-0.1, -0.05) is 41.9 Å². The summed E-state index contributed by atoms with van der Waals surface area (Å²) in [6.45, 7) is 3.40. The Hall–Kier alpha value is -2.90. The van der Waals surface area contributed by atoms with E-state index in [9.17, 15) is 9.59 Å². The van der Waals surface area contributed by atoms with Crippen molar-refractivity contribution >= 4 is 45.6 Å². The SMILES string of the molecule is Cc1sc(NC(=O)C2CCN(c3ccc(Cl)cn3)CC2)c(C(N)=O)c1-c1ccccc1. The zero-order chi connectivity index (χ0) is 22.0. The van der Waals surface area contributed by atoms with Crippen LogP contribution in [0.1, 0.15) is 28.1 Å². The number of piperidine rings is 1. The summed E-state index contributed by atoms with van der Waals surface area (Å²) in [4.78, 5) is 32.7. The van der Waals surface area contributed by atoms with Crippen molar-refractivity contribution in [2.24, 2.45) is 11.7 Å². The van der Waals surface area contributed by atoms with Gasteiger partial charge in [0.1, 0.15) is 10.8 Å². The first kappa shape index (κ1) is 21.3. The number of nitrogens with zero attached hydrogens (tertiary/aromatic N) is 2. The van der Waals surface area contributed by atoms with Gasteiger partial charge in [-0.15, -0.1) is 11.3 Å². The highest BCUT2D eigenvalue weighted by Gasteiger charge is 2.28. The summed E-state index contributed by atoms with van der Waals surface area (Å²) in [5.41, 5.74) is 7.79. The Bertz CT molecular complexity index is 1090. The van der Waals surface area contributed by atoms with Gasteiger partial charge < -0.3 is 16.0 Å². The van der Waals surface area contributed by atoms with Crippen LogP contribution < -0.4 is 16.0 Å². The highest BCUT2D eigenvalue weighted by atomic mass is 35.5. The van der Waals surface area contributed by atoms with Crippen molar-refractivity contribution in [3.63, 3.8) is 0 Å². The van der Waals surface area contributed by atoms with Crippen LogP contribution in [0.25, 0.3) is 11.1 Å². The molecule has 1 aliphatic heterocycles. The van der Waals surface area contributed by atoms with Crippen LogP contribution in [-0.4, -0.2) is 29.9 Å². The topological polar surface area (TPSA) is 88.3 Å². The fraction of sp³-hybridized carbons (Fsp3) is 0.261. The maximum absolute atomic E-state index is 13.0. The number of aryl methyl sites for hydroxylation is 1. The third-order valence-corrected chi connectivity index (χ3v) is 6.78. The maximum atomic E-state index is 13.0. The van der Waals surface area contributed by atoms with Crippen molar-refractivity contribution in [2.45, 2.75) is 19.8 Å². The van der Waals surface area contributed by atoms with Crippen LogP contribution >= 0.6 is 22.9 Å². The van der Waals surface area contributed by atoms with Gasteiger partial charge in [0.2, 0.25) is 5.91 Å². The molecule has 3 N–H and O–H groups in total. The maximum Gasteiger partial charge on any atom is 0.252 e. The average molecular weight is 455 g/mol. The molecule has 0 bridgehead atoms. The summed E-state index contributed by atoms with van der Waals surface area (Å²) in [5.74, 6) is 0.113. The molecule has 2 aromatic heterocycles. The van der Waals surface area contributed by atoms with Crippen LogP contribution in [0.2, 0.25) is 5.02 Å². The van der Waals surface area contributed by atoms with Crippen LogP contribution in [0.5, 0.6) is 0 Å². The number of carbonyl (C=O) groups excluding carboxylic acids is 2. The van der Waals surface area contributed by atoms with Gasteiger partial charge in [0.25, 0.3) is 5.91 Å². The second-order valence-electron chi connectivity index (χ2n) is 7.55. The van der Waals surface area contributed by atoms with Gasteiger partial charge in [0, 0.05) is 35.6 Å². The molecule has 1 fully saturated rings. The van der Waals surface area contributed by atoms with Gasteiger partial charge in [0.15, 0.2) is 0 Å². The molecule has 160 valence electrons. The molecule has 0 unspecified atom stereocenters. The Kier molecular flexibility index (Phi) is 6.25. The predicted molar refractivity (Wildman–Crippen MR) is 126 cm³/mol. The lowest BCUT2D eigenvalue weighted by Gasteiger charge is -2.32.